The first-order chi connectivity index (χ1) is 22.2. The summed E-state index contributed by atoms with van der Waals surface area (Å²) in [5, 5.41) is 4.85. The van der Waals surface area contributed by atoms with E-state index in [-0.39, 0.29) is 0 Å². The van der Waals surface area contributed by atoms with Crippen LogP contribution in [0, 0.1) is 0 Å². The van der Waals surface area contributed by atoms with Gasteiger partial charge in [-0.15, -0.1) is 0 Å². The number of rotatable bonds is 21. The Bertz CT molecular complexity index is 1380. The van der Waals surface area contributed by atoms with Crippen LogP contribution >= 0.6 is 0 Å². The van der Waals surface area contributed by atoms with Crippen LogP contribution in [-0.4, -0.2) is 76.5 Å². The van der Waals surface area contributed by atoms with Crippen molar-refractivity contribution in [2.45, 2.75) is 78.1 Å². The quantitative estimate of drug-likeness (QED) is 0.0677. The second-order valence-corrected chi connectivity index (χ2v) is 14.6. The van der Waals surface area contributed by atoms with Crippen molar-refractivity contribution in [2.75, 3.05) is 67.6 Å². The zero-order chi connectivity index (χ0) is 32.8. The van der Waals surface area contributed by atoms with Gasteiger partial charge in [-0.05, 0) is 59.4 Å². The van der Waals surface area contributed by atoms with E-state index in [0.717, 1.165) is 57.5 Å². The van der Waals surface area contributed by atoms with Crippen LogP contribution in [0.1, 0.15) is 78.1 Å². The number of benzene rings is 4. The highest BCUT2D eigenvalue weighted by molar-refractivity contribution is 6.09. The molecule has 0 aliphatic carbocycles. The normalized spacial score (nSPS) is 12.2. The molecule has 0 aromatic heterocycles. The van der Waals surface area contributed by atoms with Gasteiger partial charge < -0.3 is 18.4 Å². The summed E-state index contributed by atoms with van der Waals surface area (Å²) < 4.78 is 15.5. The number of nitrogens with zero attached hydrogens (tertiary/aromatic N) is 2. The molecule has 4 aromatic rings. The van der Waals surface area contributed by atoms with Crippen molar-refractivity contribution >= 4 is 21.5 Å². The maximum absolute atomic E-state index is 6.70. The van der Waals surface area contributed by atoms with Gasteiger partial charge in [-0.25, -0.2) is 0 Å². The Hall–Kier alpha value is -3.08. The van der Waals surface area contributed by atoms with Crippen LogP contribution in [0.15, 0.2) is 72.8 Å². The molecular weight excluding hydrogens is 564 g/mol. The van der Waals surface area contributed by atoms with Crippen LogP contribution in [0.25, 0.3) is 32.7 Å². The monoisotopic (exact) mass is 626 g/mol. The SMILES string of the molecule is CCCCCC[N+](C)(C)CCCOc1ccc2ccccc2c1-c1c(OCCC[N+](C)(C)CCCCCC)ccc2ccccc12. The van der Waals surface area contributed by atoms with Gasteiger partial charge in [0.25, 0.3) is 0 Å². The molecule has 250 valence electrons. The molecule has 0 bridgehead atoms. The van der Waals surface area contributed by atoms with Crippen LogP contribution in [0.4, 0.5) is 0 Å². The molecule has 0 N–H and O–H groups in total. The summed E-state index contributed by atoms with van der Waals surface area (Å²) in [4.78, 5) is 0. The summed E-state index contributed by atoms with van der Waals surface area (Å²) in [6, 6.07) is 26.1. The van der Waals surface area contributed by atoms with Crippen LogP contribution in [-0.2, 0) is 0 Å². The summed E-state index contributed by atoms with van der Waals surface area (Å²) >= 11 is 0. The number of hydrogen-bond acceptors (Lipinski definition) is 2. The maximum atomic E-state index is 6.70. The Morgan fingerprint density at radius 2 is 0.826 bits per heavy atom. The number of hydrogen-bond donors (Lipinski definition) is 0. The van der Waals surface area contributed by atoms with Crippen LogP contribution < -0.4 is 9.47 Å². The van der Waals surface area contributed by atoms with E-state index in [4.69, 9.17) is 9.47 Å². The standard InChI is InChI=1S/C42H62N2O2/c1-7-9-11-17-29-43(3,4)31-19-33-45-39-27-25-35-21-13-15-23-37(35)41(39)42-38-24-16-14-22-36(38)26-28-40(42)46-34-20-32-44(5,6)30-18-12-10-8-2/h13-16,21-28H,7-12,17-20,29-34H2,1-6H3/q+2. The van der Waals surface area contributed by atoms with Crippen molar-refractivity contribution in [3.8, 4) is 22.6 Å². The van der Waals surface area contributed by atoms with Crippen LogP contribution in [0.3, 0.4) is 0 Å². The van der Waals surface area contributed by atoms with E-state index in [1.54, 1.807) is 0 Å². The molecule has 0 aliphatic rings. The Morgan fingerprint density at radius 1 is 0.435 bits per heavy atom. The summed E-state index contributed by atoms with van der Waals surface area (Å²) in [5.41, 5.74) is 2.29. The summed E-state index contributed by atoms with van der Waals surface area (Å²) in [7, 11) is 9.44. The molecule has 4 aromatic carbocycles. The Labute approximate surface area is 280 Å². The predicted molar refractivity (Wildman–Crippen MR) is 199 cm³/mol. The zero-order valence-electron chi connectivity index (χ0n) is 30.0. The smallest absolute Gasteiger partial charge is 0.127 e. The fourth-order valence-corrected chi connectivity index (χ4v) is 6.77. The van der Waals surface area contributed by atoms with Gasteiger partial charge in [0.2, 0.25) is 0 Å². The van der Waals surface area contributed by atoms with E-state index < -0.39 is 0 Å². The first-order valence-corrected chi connectivity index (χ1v) is 18.2. The van der Waals surface area contributed by atoms with Gasteiger partial charge in [-0.1, -0.05) is 100 Å². The third kappa shape index (κ3) is 10.5. The molecule has 46 heavy (non-hydrogen) atoms. The second kappa shape index (κ2) is 17.7. The van der Waals surface area contributed by atoms with Crippen molar-refractivity contribution in [1.82, 2.24) is 0 Å². The number of fused-ring (bicyclic) bond motifs is 2. The van der Waals surface area contributed by atoms with Crippen molar-refractivity contribution in [3.05, 3.63) is 72.8 Å². The molecule has 4 rings (SSSR count). The van der Waals surface area contributed by atoms with E-state index in [9.17, 15) is 0 Å². The third-order valence-corrected chi connectivity index (χ3v) is 9.60. The van der Waals surface area contributed by atoms with E-state index in [1.807, 2.05) is 0 Å². The maximum Gasteiger partial charge on any atom is 0.127 e. The predicted octanol–water partition coefficient (Wildman–Crippen LogP) is 10.5. The lowest BCUT2D eigenvalue weighted by atomic mass is 9.92. The lowest BCUT2D eigenvalue weighted by Gasteiger charge is -2.30. The minimum absolute atomic E-state index is 0.703. The molecule has 4 heteroatoms. The van der Waals surface area contributed by atoms with E-state index >= 15 is 0 Å². The van der Waals surface area contributed by atoms with E-state index in [1.165, 1.54) is 86.0 Å². The number of ether oxygens (including phenoxy) is 2. The molecule has 0 fully saturated rings. The van der Waals surface area contributed by atoms with Gasteiger partial charge in [0, 0.05) is 24.0 Å². The molecule has 0 atom stereocenters. The van der Waals surface area contributed by atoms with Gasteiger partial charge in [-0.2, -0.15) is 0 Å². The molecule has 0 spiro atoms. The van der Waals surface area contributed by atoms with Gasteiger partial charge in [0.15, 0.2) is 0 Å². The zero-order valence-corrected chi connectivity index (χ0v) is 30.0. The number of quaternary nitrogens is 2. The second-order valence-electron chi connectivity index (χ2n) is 14.6. The Morgan fingerprint density at radius 3 is 1.24 bits per heavy atom. The van der Waals surface area contributed by atoms with Gasteiger partial charge in [0.1, 0.15) is 11.5 Å². The van der Waals surface area contributed by atoms with E-state index in [2.05, 4.69) is 115 Å². The third-order valence-electron chi connectivity index (χ3n) is 9.60. The van der Waals surface area contributed by atoms with Gasteiger partial charge in [-0.3, -0.25) is 0 Å². The first kappa shape index (κ1) is 35.8. The molecule has 0 aliphatic heterocycles. The first-order valence-electron chi connectivity index (χ1n) is 18.2. The summed E-state index contributed by atoms with van der Waals surface area (Å²) in [6.07, 6.45) is 12.6. The molecule has 0 saturated carbocycles. The Kier molecular flexibility index (Phi) is 13.8. The molecule has 4 nitrogen and oxygen atoms in total. The molecule has 0 heterocycles. The lowest BCUT2D eigenvalue weighted by Crippen LogP contribution is -2.41. The topological polar surface area (TPSA) is 18.5 Å². The molecule has 0 unspecified atom stereocenters. The van der Waals surface area contributed by atoms with Crippen molar-refractivity contribution in [3.63, 3.8) is 0 Å². The molecule has 0 radical (unpaired) electrons. The molecular formula is C42H62N2O2+2. The molecule has 0 amide bonds. The van der Waals surface area contributed by atoms with Crippen molar-refractivity contribution in [1.29, 1.82) is 0 Å². The lowest BCUT2D eigenvalue weighted by molar-refractivity contribution is -0.890. The Balaban J connectivity index is 1.56. The van der Waals surface area contributed by atoms with Crippen molar-refractivity contribution < 1.29 is 18.4 Å². The highest BCUT2D eigenvalue weighted by Crippen LogP contribution is 2.45. The van der Waals surface area contributed by atoms with E-state index in [0.29, 0.717) is 13.2 Å². The van der Waals surface area contributed by atoms with Crippen molar-refractivity contribution in [2.24, 2.45) is 0 Å². The molecule has 0 saturated heterocycles. The summed E-state index contributed by atoms with van der Waals surface area (Å²) in [5.74, 6) is 1.89. The number of unbranched alkanes of at least 4 members (excludes halogenated alkanes) is 6. The van der Waals surface area contributed by atoms with Gasteiger partial charge >= 0.3 is 0 Å². The summed E-state index contributed by atoms with van der Waals surface area (Å²) in [6.45, 7) is 10.7. The average molecular weight is 627 g/mol. The average Bonchev–Trinajstić information content (AvgIpc) is 3.05. The van der Waals surface area contributed by atoms with Gasteiger partial charge in [0.05, 0.1) is 67.6 Å². The fraction of sp³-hybridized carbons (Fsp3) is 0.524. The minimum Gasteiger partial charge on any atom is -0.493 e. The highest BCUT2D eigenvalue weighted by Gasteiger charge is 2.21. The largest absolute Gasteiger partial charge is 0.493 e. The van der Waals surface area contributed by atoms with Crippen LogP contribution in [0.2, 0.25) is 0 Å². The minimum atomic E-state index is 0.703. The highest BCUT2D eigenvalue weighted by atomic mass is 16.5. The fourth-order valence-electron chi connectivity index (χ4n) is 6.77. The van der Waals surface area contributed by atoms with Crippen LogP contribution in [0.5, 0.6) is 11.5 Å².